The highest BCUT2D eigenvalue weighted by Crippen LogP contribution is 2.39. The molecule has 0 saturated heterocycles. The number of fused-ring (bicyclic) bond motifs is 2. The predicted octanol–water partition coefficient (Wildman–Crippen LogP) is 3.27. The molecule has 3 rings (SSSR count). The normalized spacial score (nSPS) is 13.4. The quantitative estimate of drug-likeness (QED) is 0.817. The lowest BCUT2D eigenvalue weighted by Gasteiger charge is -2.18. The highest BCUT2D eigenvalue weighted by Gasteiger charge is 2.29. The summed E-state index contributed by atoms with van der Waals surface area (Å²) in [5.74, 6) is 0.187. The monoisotopic (exact) mass is 410 g/mol. The second-order valence-corrected chi connectivity index (χ2v) is 8.57. The van der Waals surface area contributed by atoms with Gasteiger partial charge in [-0.1, -0.05) is 17.7 Å². The molecular weight excluding hydrogens is 392 g/mol. The molecule has 0 bridgehead atoms. The Kier molecular flexibility index (Phi) is 5.43. The van der Waals surface area contributed by atoms with Crippen LogP contribution in [-0.4, -0.2) is 45.9 Å². The molecule has 0 aromatic heterocycles. The van der Waals surface area contributed by atoms with Gasteiger partial charge in [0.1, 0.15) is 10.6 Å². The number of likely N-dealkylation sites (N-methyl/N-ethyl adjacent to an activating group) is 1. The molecule has 2 aromatic carbocycles. The molecule has 0 fully saturated rings. The van der Waals surface area contributed by atoms with E-state index in [1.54, 1.807) is 12.1 Å². The maximum absolute atomic E-state index is 12.8. The third kappa shape index (κ3) is 3.79. The van der Waals surface area contributed by atoms with Gasteiger partial charge in [0.25, 0.3) is 5.91 Å². The number of benzene rings is 2. The van der Waals surface area contributed by atoms with Gasteiger partial charge in [0.05, 0.1) is 22.9 Å². The van der Waals surface area contributed by atoms with Crippen LogP contribution >= 0.6 is 11.6 Å². The number of carbonyl (C=O) groups is 1. The topological polar surface area (TPSA) is 84.9 Å². The van der Waals surface area contributed by atoms with Crippen LogP contribution < -0.4 is 10.1 Å². The number of ether oxygens (including phenoxy) is 2. The smallest absolute Gasteiger partial charge is 0.259 e. The fourth-order valence-corrected chi connectivity index (χ4v) is 4.30. The first-order valence-corrected chi connectivity index (χ1v) is 9.94. The van der Waals surface area contributed by atoms with Gasteiger partial charge in [0, 0.05) is 26.8 Å². The zero-order valence-corrected chi connectivity index (χ0v) is 16.6. The van der Waals surface area contributed by atoms with Crippen LogP contribution in [0.3, 0.4) is 0 Å². The summed E-state index contributed by atoms with van der Waals surface area (Å²) in [5, 5.41) is 2.71. The van der Waals surface area contributed by atoms with Crippen molar-refractivity contribution in [3.05, 3.63) is 46.5 Å². The number of rotatable bonds is 5. The Balaban J connectivity index is 2.06. The van der Waals surface area contributed by atoms with Gasteiger partial charge in [0.15, 0.2) is 5.75 Å². The molecule has 2 aromatic rings. The van der Waals surface area contributed by atoms with Crippen LogP contribution in [0.15, 0.2) is 35.2 Å². The van der Waals surface area contributed by atoms with Gasteiger partial charge >= 0.3 is 0 Å². The molecule has 0 unspecified atom stereocenters. The number of carbonyl (C=O) groups excluding carboxylic acids is 1. The van der Waals surface area contributed by atoms with E-state index in [1.165, 1.54) is 26.3 Å². The lowest BCUT2D eigenvalue weighted by atomic mass is 10.2. The summed E-state index contributed by atoms with van der Waals surface area (Å²) in [7, 11) is -0.994. The SMILES string of the molecule is COCCN(C)S(=O)(=O)c1cc2c(cc1Cl)Oc1cc(C)ccc1NC2=O. The maximum atomic E-state index is 12.8. The van der Waals surface area contributed by atoms with Crippen molar-refractivity contribution in [3.8, 4) is 11.5 Å². The fourth-order valence-electron chi connectivity index (χ4n) is 2.63. The van der Waals surface area contributed by atoms with Gasteiger partial charge in [-0.15, -0.1) is 0 Å². The second-order valence-electron chi connectivity index (χ2n) is 6.15. The summed E-state index contributed by atoms with van der Waals surface area (Å²) in [6.45, 7) is 2.28. The van der Waals surface area contributed by atoms with Crippen LogP contribution in [0, 0.1) is 6.92 Å². The Hall–Kier alpha value is -2.13. The van der Waals surface area contributed by atoms with Gasteiger partial charge in [-0.2, -0.15) is 4.31 Å². The molecule has 0 spiro atoms. The van der Waals surface area contributed by atoms with Crippen LogP contribution in [0.2, 0.25) is 5.02 Å². The summed E-state index contributed by atoms with van der Waals surface area (Å²) >= 11 is 6.23. The van der Waals surface area contributed by atoms with Crippen molar-refractivity contribution >= 4 is 33.2 Å². The Morgan fingerprint density at radius 3 is 2.67 bits per heavy atom. The lowest BCUT2D eigenvalue weighted by molar-refractivity contribution is 0.102. The van der Waals surface area contributed by atoms with Crippen molar-refractivity contribution in [2.24, 2.45) is 0 Å². The largest absolute Gasteiger partial charge is 0.454 e. The van der Waals surface area contributed by atoms with Gasteiger partial charge in [-0.3, -0.25) is 4.79 Å². The third-order valence-corrected chi connectivity index (χ3v) is 6.50. The van der Waals surface area contributed by atoms with Gasteiger partial charge in [0.2, 0.25) is 10.0 Å². The van der Waals surface area contributed by atoms with E-state index in [-0.39, 0.29) is 34.4 Å². The Morgan fingerprint density at radius 2 is 1.96 bits per heavy atom. The molecule has 1 heterocycles. The van der Waals surface area contributed by atoms with Crippen LogP contribution in [-0.2, 0) is 14.8 Å². The summed E-state index contributed by atoms with van der Waals surface area (Å²) in [4.78, 5) is 12.5. The lowest BCUT2D eigenvalue weighted by Crippen LogP contribution is -2.30. The number of methoxy groups -OCH3 is 1. The van der Waals surface area contributed by atoms with E-state index in [4.69, 9.17) is 21.1 Å². The Bertz CT molecular complexity index is 1010. The number of aryl methyl sites for hydroxylation is 1. The van der Waals surface area contributed by atoms with E-state index in [0.717, 1.165) is 9.87 Å². The van der Waals surface area contributed by atoms with Crippen molar-refractivity contribution in [2.45, 2.75) is 11.8 Å². The van der Waals surface area contributed by atoms with E-state index in [2.05, 4.69) is 5.32 Å². The fraction of sp³-hybridized carbons (Fsp3) is 0.278. The molecule has 0 saturated carbocycles. The molecule has 7 nitrogen and oxygen atoms in total. The van der Waals surface area contributed by atoms with Crippen molar-refractivity contribution in [2.75, 3.05) is 32.6 Å². The zero-order chi connectivity index (χ0) is 19.8. The first-order valence-electron chi connectivity index (χ1n) is 8.12. The van der Waals surface area contributed by atoms with Crippen molar-refractivity contribution in [3.63, 3.8) is 0 Å². The second kappa shape index (κ2) is 7.47. The summed E-state index contributed by atoms with van der Waals surface area (Å²) in [5.41, 5.74) is 1.54. The van der Waals surface area contributed by atoms with E-state index in [1.807, 2.05) is 13.0 Å². The first kappa shape index (κ1) is 19.6. The van der Waals surface area contributed by atoms with Gasteiger partial charge in [-0.25, -0.2) is 8.42 Å². The van der Waals surface area contributed by atoms with Crippen molar-refractivity contribution < 1.29 is 22.7 Å². The van der Waals surface area contributed by atoms with E-state index in [9.17, 15) is 13.2 Å². The van der Waals surface area contributed by atoms with Crippen LogP contribution in [0.1, 0.15) is 15.9 Å². The molecule has 0 aliphatic carbocycles. The molecule has 9 heteroatoms. The van der Waals surface area contributed by atoms with E-state index in [0.29, 0.717) is 11.4 Å². The Morgan fingerprint density at radius 1 is 1.22 bits per heavy atom. The summed E-state index contributed by atoms with van der Waals surface area (Å²) < 4.78 is 37.5. The number of nitrogens with one attached hydrogen (secondary N) is 1. The highest BCUT2D eigenvalue weighted by molar-refractivity contribution is 7.89. The molecule has 27 heavy (non-hydrogen) atoms. The molecule has 0 radical (unpaired) electrons. The van der Waals surface area contributed by atoms with Gasteiger partial charge < -0.3 is 14.8 Å². The minimum Gasteiger partial charge on any atom is -0.454 e. The summed E-state index contributed by atoms with van der Waals surface area (Å²) in [6, 6.07) is 7.94. The molecule has 0 atom stereocenters. The van der Waals surface area contributed by atoms with Crippen molar-refractivity contribution in [1.29, 1.82) is 0 Å². The van der Waals surface area contributed by atoms with Crippen molar-refractivity contribution in [1.82, 2.24) is 4.31 Å². The molecule has 1 N–H and O–H groups in total. The maximum Gasteiger partial charge on any atom is 0.259 e. The molecule has 1 amide bonds. The Labute approximate surface area is 162 Å². The first-order chi connectivity index (χ1) is 12.7. The number of sulfonamides is 1. The number of amides is 1. The van der Waals surface area contributed by atoms with Crippen LogP contribution in [0.25, 0.3) is 0 Å². The average Bonchev–Trinajstić information content (AvgIpc) is 2.73. The average molecular weight is 411 g/mol. The molecular formula is C18H19ClN2O5S. The highest BCUT2D eigenvalue weighted by atomic mass is 35.5. The summed E-state index contributed by atoms with van der Waals surface area (Å²) in [6.07, 6.45) is 0. The number of anilines is 1. The number of hydrogen-bond donors (Lipinski definition) is 1. The molecule has 1 aliphatic heterocycles. The third-order valence-electron chi connectivity index (χ3n) is 4.18. The van der Waals surface area contributed by atoms with Crippen LogP contribution in [0.4, 0.5) is 5.69 Å². The predicted molar refractivity (Wildman–Crippen MR) is 102 cm³/mol. The minimum absolute atomic E-state index is 0.0260. The standard InChI is InChI=1S/C18H19ClN2O5S/c1-11-4-5-14-16(8-11)26-15-10-13(19)17(9-12(15)18(22)20-14)27(23,24)21(2)6-7-25-3/h4-5,8-10H,6-7H2,1-3H3,(H,20,22). The van der Waals surface area contributed by atoms with Crippen LogP contribution in [0.5, 0.6) is 11.5 Å². The van der Waals surface area contributed by atoms with E-state index < -0.39 is 15.9 Å². The minimum atomic E-state index is -3.90. The number of nitrogens with zero attached hydrogens (tertiary/aromatic N) is 1. The molecule has 144 valence electrons. The van der Waals surface area contributed by atoms with E-state index >= 15 is 0 Å². The van der Waals surface area contributed by atoms with Gasteiger partial charge in [-0.05, 0) is 30.7 Å². The molecule has 1 aliphatic rings. The number of halogens is 1. The number of hydrogen-bond acceptors (Lipinski definition) is 5. The zero-order valence-electron chi connectivity index (χ0n) is 15.1.